The van der Waals surface area contributed by atoms with Crippen molar-refractivity contribution in [3.05, 3.63) is 71.1 Å². The van der Waals surface area contributed by atoms with E-state index in [9.17, 15) is 0 Å². The quantitative estimate of drug-likeness (QED) is 0.443. The van der Waals surface area contributed by atoms with E-state index in [-0.39, 0.29) is 0 Å². The van der Waals surface area contributed by atoms with Gasteiger partial charge in [-0.3, -0.25) is 4.57 Å². The van der Waals surface area contributed by atoms with Crippen molar-refractivity contribution in [2.24, 2.45) is 11.7 Å². The summed E-state index contributed by atoms with van der Waals surface area (Å²) in [6, 6.07) is 18.3. The molecule has 8 heteroatoms. The van der Waals surface area contributed by atoms with Crippen molar-refractivity contribution in [1.29, 1.82) is 5.26 Å². The van der Waals surface area contributed by atoms with Gasteiger partial charge in [-0.2, -0.15) is 5.26 Å². The van der Waals surface area contributed by atoms with Gasteiger partial charge in [-0.15, -0.1) is 10.2 Å². The van der Waals surface area contributed by atoms with Crippen LogP contribution in [0.25, 0.3) is 28.3 Å². The molecular weight excluding hydrogens is 434 g/mol. The van der Waals surface area contributed by atoms with Crippen LogP contribution in [0.5, 0.6) is 0 Å². The fourth-order valence-corrected chi connectivity index (χ4v) is 5.25. The topological polar surface area (TPSA) is 88.7 Å². The Labute approximate surface area is 196 Å². The summed E-state index contributed by atoms with van der Waals surface area (Å²) in [6.45, 7) is 3.37. The zero-order chi connectivity index (χ0) is 22.5. The minimum atomic E-state index is 0.550. The largest absolute Gasteiger partial charge is 0.371 e. The average molecular weight is 456 g/mol. The molecule has 0 unspecified atom stereocenters. The number of nitriles is 1. The fraction of sp³-hybridized carbons (Fsp3) is 0.240. The highest BCUT2D eigenvalue weighted by atomic mass is 35.5. The number of hydrogen-bond donors (Lipinski definition) is 1. The maximum Gasteiger partial charge on any atom is 0.185 e. The van der Waals surface area contributed by atoms with Gasteiger partial charge in [0.05, 0.1) is 29.6 Å². The van der Waals surface area contributed by atoms with Gasteiger partial charge in [0.2, 0.25) is 0 Å². The highest BCUT2D eigenvalue weighted by molar-refractivity contribution is 6.32. The summed E-state index contributed by atoms with van der Waals surface area (Å²) in [7, 11) is 0. The molecule has 1 atom stereocenters. The summed E-state index contributed by atoms with van der Waals surface area (Å²) in [5.41, 5.74) is 12.7. The van der Waals surface area contributed by atoms with Gasteiger partial charge in [0, 0.05) is 24.3 Å². The summed E-state index contributed by atoms with van der Waals surface area (Å²) < 4.78 is 4.13. The van der Waals surface area contributed by atoms with E-state index < -0.39 is 0 Å². The first-order valence-corrected chi connectivity index (χ1v) is 11.4. The number of nitrogens with zero attached hydrogens (tertiary/aromatic N) is 6. The predicted molar refractivity (Wildman–Crippen MR) is 128 cm³/mol. The van der Waals surface area contributed by atoms with E-state index >= 15 is 0 Å². The van der Waals surface area contributed by atoms with E-state index in [4.69, 9.17) is 22.6 Å². The van der Waals surface area contributed by atoms with Gasteiger partial charge in [-0.25, -0.2) is 0 Å². The maximum atomic E-state index is 9.12. The van der Waals surface area contributed by atoms with Crippen LogP contribution in [0.4, 0.5) is 5.69 Å². The molecule has 0 amide bonds. The molecule has 2 aromatic carbocycles. The third-order valence-electron chi connectivity index (χ3n) is 6.77. The van der Waals surface area contributed by atoms with Gasteiger partial charge in [0.15, 0.2) is 5.82 Å². The molecule has 1 fully saturated rings. The molecule has 2 aromatic heterocycles. The third-order valence-corrected chi connectivity index (χ3v) is 7.18. The lowest BCUT2D eigenvalue weighted by molar-refractivity contribution is 0.602. The van der Waals surface area contributed by atoms with Crippen LogP contribution in [0.1, 0.15) is 17.5 Å². The van der Waals surface area contributed by atoms with Gasteiger partial charge >= 0.3 is 0 Å². The lowest BCUT2D eigenvalue weighted by Crippen LogP contribution is -2.22. The van der Waals surface area contributed by atoms with Gasteiger partial charge < -0.3 is 15.2 Å². The Kier molecular flexibility index (Phi) is 4.72. The van der Waals surface area contributed by atoms with Gasteiger partial charge in [0.1, 0.15) is 11.5 Å². The average Bonchev–Trinajstić information content (AvgIpc) is 3.57. The lowest BCUT2D eigenvalue weighted by atomic mass is 10.1. The van der Waals surface area contributed by atoms with Crippen molar-refractivity contribution < 1.29 is 0 Å². The molecule has 2 aliphatic heterocycles. The van der Waals surface area contributed by atoms with Gasteiger partial charge in [-0.1, -0.05) is 23.7 Å². The van der Waals surface area contributed by atoms with Gasteiger partial charge in [0.25, 0.3) is 0 Å². The number of hydrogen-bond acceptors (Lipinski definition) is 5. The molecule has 0 radical (unpaired) electrons. The van der Waals surface area contributed by atoms with Crippen LogP contribution in [0.2, 0.25) is 5.15 Å². The molecule has 164 valence electrons. The molecule has 0 aliphatic carbocycles. The summed E-state index contributed by atoms with van der Waals surface area (Å²) in [5.74, 6) is 1.31. The Bertz CT molecular complexity index is 1390. The van der Waals surface area contributed by atoms with E-state index in [0.29, 0.717) is 23.2 Å². The molecular formula is C25H22ClN7. The summed E-state index contributed by atoms with van der Waals surface area (Å²) in [4.78, 5) is 2.41. The summed E-state index contributed by atoms with van der Waals surface area (Å²) in [6.07, 6.45) is 2.89. The second kappa shape index (κ2) is 7.77. The van der Waals surface area contributed by atoms with Crippen LogP contribution in [0.3, 0.4) is 0 Å². The second-order valence-corrected chi connectivity index (χ2v) is 9.04. The number of nitrogens with two attached hydrogens (primary N) is 1. The Morgan fingerprint density at radius 2 is 2.00 bits per heavy atom. The molecule has 0 bridgehead atoms. The van der Waals surface area contributed by atoms with Crippen LogP contribution in [-0.4, -0.2) is 39.0 Å². The Morgan fingerprint density at radius 1 is 1.15 bits per heavy atom. The molecule has 0 saturated carbocycles. The Balaban J connectivity index is 1.45. The zero-order valence-electron chi connectivity index (χ0n) is 17.9. The highest BCUT2D eigenvalue weighted by Crippen LogP contribution is 2.40. The number of fused-ring (bicyclic) bond motifs is 5. The maximum absolute atomic E-state index is 9.12. The van der Waals surface area contributed by atoms with E-state index in [1.165, 1.54) is 5.69 Å². The molecule has 33 heavy (non-hydrogen) atoms. The van der Waals surface area contributed by atoms with Crippen LogP contribution in [0, 0.1) is 17.2 Å². The molecule has 2 N–H and O–H groups in total. The standard InChI is InChI=1S/C25H22ClN7/c26-24-21(18-3-1-16(11-27)2-4-18)10-23-25-30-29-15-33(25)22-6-5-20(9-19(22)14-32(23)24)31-8-7-17(12-28)13-31/h1-6,9-10,15,17H,7-8,12-14,28H2/t17-/m1/s1. The van der Waals surface area contributed by atoms with Crippen LogP contribution >= 0.6 is 11.6 Å². The Morgan fingerprint density at radius 3 is 2.76 bits per heavy atom. The molecule has 7 nitrogen and oxygen atoms in total. The van der Waals surface area contributed by atoms with E-state index in [0.717, 1.165) is 60.0 Å². The number of anilines is 1. The Hall–Kier alpha value is -3.60. The van der Waals surface area contributed by atoms with E-state index in [1.54, 1.807) is 6.33 Å². The first kappa shape index (κ1) is 20.0. The third kappa shape index (κ3) is 3.22. The number of halogens is 1. The monoisotopic (exact) mass is 455 g/mol. The molecule has 0 spiro atoms. The minimum absolute atomic E-state index is 0.550. The second-order valence-electron chi connectivity index (χ2n) is 8.68. The molecule has 4 aromatic rings. The fourth-order valence-electron chi connectivity index (χ4n) is 4.94. The highest BCUT2D eigenvalue weighted by Gasteiger charge is 2.27. The predicted octanol–water partition coefficient (Wildman–Crippen LogP) is 4.07. The van der Waals surface area contributed by atoms with Crippen molar-refractivity contribution in [2.45, 2.75) is 13.0 Å². The summed E-state index contributed by atoms with van der Waals surface area (Å²) >= 11 is 6.94. The van der Waals surface area contributed by atoms with Crippen LogP contribution in [0.15, 0.2) is 54.9 Å². The van der Waals surface area contributed by atoms with Crippen LogP contribution in [-0.2, 0) is 6.54 Å². The SMILES string of the molecule is N#Cc1ccc(-c2cc3n(c2Cl)Cc2cc(N4CC[C@H](CN)C4)ccc2-n2cnnc2-3)cc1. The normalized spacial score (nSPS) is 16.6. The van der Waals surface area contributed by atoms with Crippen molar-refractivity contribution in [1.82, 2.24) is 19.3 Å². The zero-order valence-corrected chi connectivity index (χ0v) is 18.7. The lowest BCUT2D eigenvalue weighted by Gasteiger charge is -2.21. The van der Waals surface area contributed by atoms with E-state index in [1.807, 2.05) is 28.8 Å². The molecule has 1 saturated heterocycles. The minimum Gasteiger partial charge on any atom is -0.371 e. The van der Waals surface area contributed by atoms with E-state index in [2.05, 4.69) is 50.0 Å². The molecule has 4 heterocycles. The van der Waals surface area contributed by atoms with Crippen molar-refractivity contribution >= 4 is 17.3 Å². The first-order valence-electron chi connectivity index (χ1n) is 11.0. The number of aromatic nitrogens is 4. The van der Waals surface area contributed by atoms with Crippen molar-refractivity contribution in [3.63, 3.8) is 0 Å². The first-order chi connectivity index (χ1) is 16.2. The van der Waals surface area contributed by atoms with Crippen LogP contribution < -0.4 is 10.6 Å². The number of benzene rings is 2. The molecule has 6 rings (SSSR count). The van der Waals surface area contributed by atoms with Gasteiger partial charge in [-0.05, 0) is 66.4 Å². The smallest absolute Gasteiger partial charge is 0.185 e. The van der Waals surface area contributed by atoms with Crippen molar-refractivity contribution in [2.75, 3.05) is 24.5 Å². The van der Waals surface area contributed by atoms with Crippen molar-refractivity contribution in [3.8, 4) is 34.4 Å². The number of rotatable bonds is 3. The molecule has 2 aliphatic rings. The summed E-state index contributed by atoms with van der Waals surface area (Å²) in [5, 5.41) is 18.4.